The van der Waals surface area contributed by atoms with Crippen LogP contribution in [0.15, 0.2) is 12.1 Å². The van der Waals surface area contributed by atoms with E-state index in [1.54, 1.807) is 0 Å². The lowest BCUT2D eigenvalue weighted by molar-refractivity contribution is -0.139. The van der Waals surface area contributed by atoms with Crippen molar-refractivity contribution in [2.24, 2.45) is 0 Å². The van der Waals surface area contributed by atoms with Crippen LogP contribution in [-0.2, 0) is 21.8 Å². The molecule has 0 amide bonds. The van der Waals surface area contributed by atoms with E-state index in [1.807, 2.05) is 0 Å². The van der Waals surface area contributed by atoms with Crippen molar-refractivity contribution in [3.8, 4) is 5.75 Å². The van der Waals surface area contributed by atoms with Gasteiger partial charge in [-0.1, -0.05) is 6.07 Å². The quantitative estimate of drug-likeness (QED) is 0.615. The van der Waals surface area contributed by atoms with E-state index in [-0.39, 0.29) is 23.4 Å². The predicted octanol–water partition coefficient (Wildman–Crippen LogP) is 2.88. The fraction of sp³-hybridized carbons (Fsp3) is 0.364. The molecule has 0 heterocycles. The molecule has 3 nitrogen and oxygen atoms in total. The first-order valence-corrected chi connectivity index (χ1v) is 5.40. The molecule has 1 aromatic rings. The van der Waals surface area contributed by atoms with Crippen LogP contribution >= 0.6 is 11.6 Å². The molecule has 0 aliphatic heterocycles. The molecule has 1 aromatic carbocycles. The van der Waals surface area contributed by atoms with Crippen molar-refractivity contribution in [2.45, 2.75) is 18.9 Å². The lowest BCUT2D eigenvalue weighted by Crippen LogP contribution is -2.09. The molecule has 0 atom stereocenters. The van der Waals surface area contributed by atoms with Crippen molar-refractivity contribution in [1.29, 1.82) is 0 Å². The predicted molar refractivity (Wildman–Crippen MR) is 58.3 cm³/mol. The van der Waals surface area contributed by atoms with Gasteiger partial charge in [-0.15, -0.1) is 11.6 Å². The smallest absolute Gasteiger partial charge is 0.387 e. The van der Waals surface area contributed by atoms with Crippen LogP contribution in [0.25, 0.3) is 0 Å². The van der Waals surface area contributed by atoms with E-state index in [0.717, 1.165) is 6.07 Å². The zero-order chi connectivity index (χ0) is 13.7. The lowest BCUT2D eigenvalue weighted by atomic mass is 10.1. The van der Waals surface area contributed by atoms with Crippen molar-refractivity contribution in [2.75, 3.05) is 7.11 Å². The minimum atomic E-state index is -3.16. The Labute approximate surface area is 106 Å². The molecule has 18 heavy (non-hydrogen) atoms. The molecule has 1 rings (SSSR count). The molecule has 0 aliphatic rings. The SMILES string of the molecule is COC(=O)Cc1cc(CCl)c(F)c(OC(F)F)c1. The van der Waals surface area contributed by atoms with Gasteiger partial charge in [-0.25, -0.2) is 4.39 Å². The average molecular weight is 283 g/mol. The Kier molecular flexibility index (Phi) is 5.27. The van der Waals surface area contributed by atoms with Crippen molar-refractivity contribution < 1.29 is 27.4 Å². The molecule has 0 bridgehead atoms. The highest BCUT2D eigenvalue weighted by molar-refractivity contribution is 6.17. The molecule has 0 aliphatic carbocycles. The van der Waals surface area contributed by atoms with Crippen molar-refractivity contribution in [3.63, 3.8) is 0 Å². The van der Waals surface area contributed by atoms with Crippen LogP contribution in [0.1, 0.15) is 11.1 Å². The third-order valence-corrected chi connectivity index (χ3v) is 2.40. The highest BCUT2D eigenvalue weighted by atomic mass is 35.5. The summed E-state index contributed by atoms with van der Waals surface area (Å²) in [6.45, 7) is -3.16. The van der Waals surface area contributed by atoms with E-state index in [4.69, 9.17) is 11.6 Å². The van der Waals surface area contributed by atoms with Gasteiger partial charge in [0, 0.05) is 5.56 Å². The first-order valence-electron chi connectivity index (χ1n) is 4.86. The Hall–Kier alpha value is -1.43. The van der Waals surface area contributed by atoms with Gasteiger partial charge in [-0.3, -0.25) is 4.79 Å². The van der Waals surface area contributed by atoms with E-state index in [0.29, 0.717) is 0 Å². The molecule has 0 saturated heterocycles. The summed E-state index contributed by atoms with van der Waals surface area (Å²) in [5, 5.41) is 0. The number of halogens is 4. The third-order valence-electron chi connectivity index (χ3n) is 2.11. The maximum atomic E-state index is 13.6. The number of carbonyl (C=O) groups is 1. The number of alkyl halides is 3. The van der Waals surface area contributed by atoms with E-state index >= 15 is 0 Å². The molecular weight excluding hydrogens is 273 g/mol. The first kappa shape index (κ1) is 14.6. The zero-order valence-electron chi connectivity index (χ0n) is 9.38. The molecule has 0 N–H and O–H groups in total. The molecule has 0 unspecified atom stereocenters. The number of hydrogen-bond acceptors (Lipinski definition) is 3. The summed E-state index contributed by atoms with van der Waals surface area (Å²) in [6, 6.07) is 2.33. The van der Waals surface area contributed by atoms with Gasteiger partial charge in [0.05, 0.1) is 19.4 Å². The van der Waals surface area contributed by atoms with Gasteiger partial charge in [-0.05, 0) is 11.6 Å². The fourth-order valence-corrected chi connectivity index (χ4v) is 1.53. The summed E-state index contributed by atoms with van der Waals surface area (Å²) in [4.78, 5) is 11.1. The molecule has 0 fully saturated rings. The monoisotopic (exact) mass is 282 g/mol. The van der Waals surface area contributed by atoms with Gasteiger partial charge in [0.1, 0.15) is 0 Å². The number of methoxy groups -OCH3 is 1. The van der Waals surface area contributed by atoms with Crippen LogP contribution in [-0.4, -0.2) is 19.7 Å². The molecule has 0 saturated carbocycles. The van der Waals surface area contributed by atoms with Gasteiger partial charge < -0.3 is 9.47 Å². The maximum absolute atomic E-state index is 13.6. The van der Waals surface area contributed by atoms with E-state index in [9.17, 15) is 18.0 Å². The number of benzene rings is 1. The van der Waals surface area contributed by atoms with Crippen LogP contribution in [0.2, 0.25) is 0 Å². The number of esters is 1. The Morgan fingerprint density at radius 3 is 2.61 bits per heavy atom. The van der Waals surface area contributed by atoms with Crippen molar-refractivity contribution >= 4 is 17.6 Å². The van der Waals surface area contributed by atoms with Crippen LogP contribution in [0.3, 0.4) is 0 Å². The number of ether oxygens (including phenoxy) is 2. The second-order valence-electron chi connectivity index (χ2n) is 3.33. The highest BCUT2D eigenvalue weighted by Gasteiger charge is 2.16. The summed E-state index contributed by atoms with van der Waals surface area (Å²) in [5.74, 6) is -2.40. The summed E-state index contributed by atoms with van der Waals surface area (Å²) >= 11 is 5.48. The maximum Gasteiger partial charge on any atom is 0.387 e. The normalized spacial score (nSPS) is 10.6. The second-order valence-corrected chi connectivity index (χ2v) is 3.60. The topological polar surface area (TPSA) is 35.5 Å². The van der Waals surface area contributed by atoms with Crippen LogP contribution in [0.5, 0.6) is 5.75 Å². The average Bonchev–Trinajstić information content (AvgIpc) is 2.32. The van der Waals surface area contributed by atoms with E-state index < -0.39 is 24.1 Å². The van der Waals surface area contributed by atoms with Crippen molar-refractivity contribution in [1.82, 2.24) is 0 Å². The summed E-state index contributed by atoms with van der Waals surface area (Å²) in [7, 11) is 1.19. The van der Waals surface area contributed by atoms with Gasteiger partial charge in [0.15, 0.2) is 11.6 Å². The summed E-state index contributed by atoms with van der Waals surface area (Å²) < 4.78 is 46.2. The zero-order valence-corrected chi connectivity index (χ0v) is 10.1. The lowest BCUT2D eigenvalue weighted by Gasteiger charge is -2.10. The molecule has 100 valence electrons. The van der Waals surface area contributed by atoms with Crippen LogP contribution < -0.4 is 4.74 Å². The fourth-order valence-electron chi connectivity index (χ4n) is 1.34. The Morgan fingerprint density at radius 1 is 1.44 bits per heavy atom. The van der Waals surface area contributed by atoms with Crippen molar-refractivity contribution in [3.05, 3.63) is 29.1 Å². The second kappa shape index (κ2) is 6.49. The molecular formula is C11H10ClF3O3. The summed E-state index contributed by atoms with van der Waals surface area (Å²) in [5.41, 5.74) is 0.267. The Balaban J connectivity index is 3.09. The molecule has 0 spiro atoms. The Bertz CT molecular complexity index is 438. The number of carbonyl (C=O) groups excluding carboxylic acids is 1. The van der Waals surface area contributed by atoms with E-state index in [1.165, 1.54) is 13.2 Å². The molecule has 0 aromatic heterocycles. The molecule has 7 heteroatoms. The van der Waals surface area contributed by atoms with Gasteiger partial charge in [-0.2, -0.15) is 8.78 Å². The molecule has 0 radical (unpaired) electrons. The minimum absolute atomic E-state index is 0.0197. The Morgan fingerprint density at radius 2 is 2.11 bits per heavy atom. The van der Waals surface area contributed by atoms with Gasteiger partial charge in [0.2, 0.25) is 0 Å². The number of rotatable bonds is 5. The first-order chi connectivity index (χ1) is 8.47. The highest BCUT2D eigenvalue weighted by Crippen LogP contribution is 2.26. The standard InChI is InChI=1S/C11H10ClF3O3/c1-17-9(16)4-6-2-7(5-12)10(13)8(3-6)18-11(14)15/h2-3,11H,4-5H2,1H3. The van der Waals surface area contributed by atoms with Gasteiger partial charge >= 0.3 is 12.6 Å². The largest absolute Gasteiger partial charge is 0.469 e. The minimum Gasteiger partial charge on any atom is -0.469 e. The number of hydrogen-bond donors (Lipinski definition) is 0. The van der Waals surface area contributed by atoms with Gasteiger partial charge in [0.25, 0.3) is 0 Å². The third kappa shape index (κ3) is 3.80. The van der Waals surface area contributed by atoms with Crippen LogP contribution in [0.4, 0.5) is 13.2 Å². The summed E-state index contributed by atoms with van der Waals surface area (Å²) in [6.07, 6.45) is -0.180. The van der Waals surface area contributed by atoms with Crippen LogP contribution in [0, 0.1) is 5.82 Å². The van der Waals surface area contributed by atoms with E-state index in [2.05, 4.69) is 9.47 Å².